The molecule has 0 heterocycles. The van der Waals surface area contributed by atoms with Crippen molar-refractivity contribution in [3.05, 3.63) is 0 Å². The maximum Gasteiger partial charge on any atom is 0.0853 e. The highest BCUT2D eigenvalue weighted by Crippen LogP contribution is 2.21. The minimum Gasteiger partial charge on any atom is -0.394 e. The Hall–Kier alpha value is -0.0800. The zero-order valence-corrected chi connectivity index (χ0v) is 7.35. The molecule has 0 aliphatic rings. The van der Waals surface area contributed by atoms with E-state index in [2.05, 4.69) is 20.8 Å². The number of rotatable bonds is 3. The van der Waals surface area contributed by atoms with Crippen LogP contribution in [0.15, 0.2) is 0 Å². The molecule has 2 nitrogen and oxygen atoms in total. The molecule has 1 atom stereocenters. The summed E-state index contributed by atoms with van der Waals surface area (Å²) in [5.74, 6) is 0. The van der Waals surface area contributed by atoms with Crippen LogP contribution in [0.1, 0.15) is 27.7 Å². The Morgan fingerprint density at radius 2 is 1.90 bits per heavy atom. The Bertz CT molecular complexity index is 83.7. The normalized spacial score (nSPS) is 15.3. The van der Waals surface area contributed by atoms with Gasteiger partial charge in [-0.2, -0.15) is 0 Å². The molecule has 0 saturated carbocycles. The van der Waals surface area contributed by atoms with Crippen LogP contribution in [-0.4, -0.2) is 24.4 Å². The van der Waals surface area contributed by atoms with Crippen molar-refractivity contribution < 1.29 is 9.84 Å². The van der Waals surface area contributed by atoms with Gasteiger partial charge in [-0.05, 0) is 12.3 Å². The molecule has 0 aromatic carbocycles. The van der Waals surface area contributed by atoms with Gasteiger partial charge in [0.1, 0.15) is 0 Å². The van der Waals surface area contributed by atoms with Gasteiger partial charge in [0.2, 0.25) is 0 Å². The molecule has 0 fully saturated rings. The van der Waals surface area contributed by atoms with Gasteiger partial charge in [-0.3, -0.25) is 0 Å². The highest BCUT2D eigenvalue weighted by molar-refractivity contribution is 4.72. The van der Waals surface area contributed by atoms with E-state index >= 15 is 0 Å². The van der Waals surface area contributed by atoms with E-state index in [1.165, 1.54) is 0 Å². The first-order valence-electron chi connectivity index (χ1n) is 3.74. The molecule has 2 heteroatoms. The second-order valence-electron chi connectivity index (χ2n) is 3.49. The molecule has 1 unspecified atom stereocenters. The maximum atomic E-state index is 8.87. The molecule has 62 valence electrons. The monoisotopic (exact) mass is 146 g/mol. The van der Waals surface area contributed by atoms with E-state index in [4.69, 9.17) is 9.84 Å². The third kappa shape index (κ3) is 3.18. The summed E-state index contributed by atoms with van der Waals surface area (Å²) >= 11 is 0. The fourth-order valence-electron chi connectivity index (χ4n) is 0.778. The van der Waals surface area contributed by atoms with Crippen molar-refractivity contribution in [1.82, 2.24) is 0 Å². The zero-order chi connectivity index (χ0) is 8.20. The molecule has 10 heavy (non-hydrogen) atoms. The summed E-state index contributed by atoms with van der Waals surface area (Å²) in [6.45, 7) is 8.89. The molecule has 0 rings (SSSR count). The zero-order valence-electron chi connectivity index (χ0n) is 7.35. The number of hydrogen-bond donors (Lipinski definition) is 1. The van der Waals surface area contributed by atoms with E-state index in [-0.39, 0.29) is 18.1 Å². The van der Waals surface area contributed by atoms with Crippen LogP contribution in [0.4, 0.5) is 0 Å². The summed E-state index contributed by atoms with van der Waals surface area (Å²) in [5, 5.41) is 8.87. The van der Waals surface area contributed by atoms with Crippen LogP contribution >= 0.6 is 0 Å². The van der Waals surface area contributed by atoms with Gasteiger partial charge in [-0.1, -0.05) is 20.8 Å². The molecule has 0 spiro atoms. The number of aliphatic hydroxyl groups excluding tert-OH is 1. The summed E-state index contributed by atoms with van der Waals surface area (Å²) in [6.07, 6.45) is -0.0301. The van der Waals surface area contributed by atoms with Crippen LogP contribution in [0.2, 0.25) is 0 Å². The maximum absolute atomic E-state index is 8.87. The molecule has 0 aliphatic heterocycles. The minimum atomic E-state index is -0.0301. The fourth-order valence-corrected chi connectivity index (χ4v) is 0.778. The second-order valence-corrected chi connectivity index (χ2v) is 3.49. The van der Waals surface area contributed by atoms with Crippen molar-refractivity contribution in [3.8, 4) is 0 Å². The van der Waals surface area contributed by atoms with E-state index in [1.54, 1.807) is 0 Å². The van der Waals surface area contributed by atoms with Crippen LogP contribution in [0.25, 0.3) is 0 Å². The molecule has 0 aromatic heterocycles. The van der Waals surface area contributed by atoms with Crippen LogP contribution in [0.3, 0.4) is 0 Å². The molecular formula is C8H18O2. The van der Waals surface area contributed by atoms with Crippen molar-refractivity contribution in [2.45, 2.75) is 33.8 Å². The molecule has 0 bridgehead atoms. The lowest BCUT2D eigenvalue weighted by atomic mass is 9.89. The molecule has 0 amide bonds. The van der Waals surface area contributed by atoms with Gasteiger partial charge in [0.15, 0.2) is 0 Å². The lowest BCUT2D eigenvalue weighted by Gasteiger charge is -2.28. The lowest BCUT2D eigenvalue weighted by Crippen LogP contribution is -2.32. The first-order chi connectivity index (χ1) is 4.52. The largest absolute Gasteiger partial charge is 0.394 e. The average Bonchev–Trinajstić information content (AvgIpc) is 1.80. The van der Waals surface area contributed by atoms with E-state index in [1.807, 2.05) is 6.92 Å². The summed E-state index contributed by atoms with van der Waals surface area (Å²) in [6, 6.07) is 0. The smallest absolute Gasteiger partial charge is 0.0853 e. The summed E-state index contributed by atoms with van der Waals surface area (Å²) < 4.78 is 5.31. The van der Waals surface area contributed by atoms with Gasteiger partial charge < -0.3 is 9.84 Å². The third-order valence-corrected chi connectivity index (χ3v) is 1.50. The fraction of sp³-hybridized carbons (Fsp3) is 1.00. The van der Waals surface area contributed by atoms with E-state index in [0.29, 0.717) is 6.61 Å². The SMILES string of the molecule is CCOC(CO)C(C)(C)C. The van der Waals surface area contributed by atoms with Gasteiger partial charge in [-0.25, -0.2) is 0 Å². The third-order valence-electron chi connectivity index (χ3n) is 1.50. The Kier molecular flexibility index (Phi) is 3.91. The molecule has 0 aliphatic carbocycles. The number of hydrogen-bond acceptors (Lipinski definition) is 2. The van der Waals surface area contributed by atoms with Crippen molar-refractivity contribution in [3.63, 3.8) is 0 Å². The average molecular weight is 146 g/mol. The first kappa shape index (κ1) is 9.92. The van der Waals surface area contributed by atoms with Crippen molar-refractivity contribution >= 4 is 0 Å². The Morgan fingerprint density at radius 3 is 2.00 bits per heavy atom. The summed E-state index contributed by atoms with van der Waals surface area (Å²) in [4.78, 5) is 0. The van der Waals surface area contributed by atoms with Gasteiger partial charge in [0.25, 0.3) is 0 Å². The van der Waals surface area contributed by atoms with Crippen LogP contribution in [0, 0.1) is 5.41 Å². The topological polar surface area (TPSA) is 29.5 Å². The van der Waals surface area contributed by atoms with Gasteiger partial charge in [0, 0.05) is 6.61 Å². The van der Waals surface area contributed by atoms with Crippen LogP contribution < -0.4 is 0 Å². The van der Waals surface area contributed by atoms with Crippen LogP contribution in [0.5, 0.6) is 0 Å². The van der Waals surface area contributed by atoms with Crippen molar-refractivity contribution in [1.29, 1.82) is 0 Å². The van der Waals surface area contributed by atoms with Crippen molar-refractivity contribution in [2.75, 3.05) is 13.2 Å². The molecular weight excluding hydrogens is 128 g/mol. The molecule has 0 aromatic rings. The number of ether oxygens (including phenoxy) is 1. The minimum absolute atomic E-state index is 0.0301. The predicted octanol–water partition coefficient (Wildman–Crippen LogP) is 1.43. The molecule has 1 N–H and O–H groups in total. The second kappa shape index (κ2) is 3.94. The first-order valence-corrected chi connectivity index (χ1v) is 3.74. The predicted molar refractivity (Wildman–Crippen MR) is 42.0 cm³/mol. The highest BCUT2D eigenvalue weighted by Gasteiger charge is 2.23. The van der Waals surface area contributed by atoms with E-state index in [0.717, 1.165) is 0 Å². The van der Waals surface area contributed by atoms with Crippen LogP contribution in [-0.2, 0) is 4.74 Å². The Labute approximate surface area is 63.2 Å². The molecule has 0 radical (unpaired) electrons. The Balaban J connectivity index is 3.81. The lowest BCUT2D eigenvalue weighted by molar-refractivity contribution is -0.0441. The number of aliphatic hydroxyl groups is 1. The van der Waals surface area contributed by atoms with Gasteiger partial charge >= 0.3 is 0 Å². The highest BCUT2D eigenvalue weighted by atomic mass is 16.5. The van der Waals surface area contributed by atoms with E-state index in [9.17, 15) is 0 Å². The summed E-state index contributed by atoms with van der Waals surface area (Å²) in [7, 11) is 0. The standard InChI is InChI=1S/C8H18O2/c1-5-10-7(6-9)8(2,3)4/h7,9H,5-6H2,1-4H3. The summed E-state index contributed by atoms with van der Waals surface area (Å²) in [5.41, 5.74) is 0.0464. The Morgan fingerprint density at radius 1 is 1.40 bits per heavy atom. The quantitative estimate of drug-likeness (QED) is 0.652. The van der Waals surface area contributed by atoms with Crippen molar-refractivity contribution in [2.24, 2.45) is 5.41 Å². The van der Waals surface area contributed by atoms with E-state index < -0.39 is 0 Å². The molecule has 0 saturated heterocycles. The van der Waals surface area contributed by atoms with Gasteiger partial charge in [0.05, 0.1) is 12.7 Å². The van der Waals surface area contributed by atoms with Gasteiger partial charge in [-0.15, -0.1) is 0 Å².